The Labute approximate surface area is 159 Å². The maximum absolute atomic E-state index is 12.4. The van der Waals surface area contributed by atoms with Gasteiger partial charge in [0.1, 0.15) is 5.82 Å². The molecule has 1 aliphatic rings. The molecule has 0 spiro atoms. The first-order valence-electron chi connectivity index (χ1n) is 9.11. The van der Waals surface area contributed by atoms with Crippen LogP contribution in [0.25, 0.3) is 11.0 Å². The fraction of sp³-hybridized carbons (Fsp3) is 0.556. The second-order valence-corrected chi connectivity index (χ2v) is 9.27. The number of carboxylic acid groups (broad SMARTS) is 1. The Hall–Kier alpha value is -1.97. The molecule has 1 fully saturated rings. The van der Waals surface area contributed by atoms with Crippen molar-refractivity contribution < 1.29 is 18.3 Å². The van der Waals surface area contributed by atoms with Crippen LogP contribution < -0.4 is 0 Å². The molecule has 1 N–H and O–H groups in total. The lowest BCUT2D eigenvalue weighted by molar-refractivity contribution is -0.143. The zero-order chi connectivity index (χ0) is 19.8. The summed E-state index contributed by atoms with van der Waals surface area (Å²) in [5, 5.41) is 9.28. The number of aromatic nitrogens is 2. The molecule has 0 amide bonds. The molecule has 0 saturated carbocycles. The van der Waals surface area contributed by atoms with Gasteiger partial charge in [-0.3, -0.25) is 9.69 Å². The fourth-order valence-electron chi connectivity index (χ4n) is 3.61. The van der Waals surface area contributed by atoms with E-state index in [1.54, 1.807) is 18.2 Å². The number of carbonyl (C=O) groups is 1. The highest BCUT2D eigenvalue weighted by Gasteiger charge is 2.26. The van der Waals surface area contributed by atoms with Gasteiger partial charge in [-0.25, -0.2) is 17.7 Å². The number of aliphatic carboxylic acids is 1. The Morgan fingerprint density at radius 3 is 2.74 bits per heavy atom. The number of nitrogens with zero attached hydrogens (tertiary/aromatic N) is 4. The zero-order valence-electron chi connectivity index (χ0n) is 15.9. The van der Waals surface area contributed by atoms with Gasteiger partial charge in [0.2, 0.25) is 10.0 Å². The number of likely N-dealkylation sites (tertiary alicyclic amines) is 1. The van der Waals surface area contributed by atoms with Gasteiger partial charge >= 0.3 is 5.97 Å². The molecule has 1 aromatic heterocycles. The van der Waals surface area contributed by atoms with E-state index >= 15 is 0 Å². The van der Waals surface area contributed by atoms with Crippen LogP contribution >= 0.6 is 0 Å². The van der Waals surface area contributed by atoms with E-state index in [0.29, 0.717) is 31.6 Å². The lowest BCUT2D eigenvalue weighted by Crippen LogP contribution is -2.38. The van der Waals surface area contributed by atoms with E-state index < -0.39 is 16.0 Å². The number of aryl methyl sites for hydroxylation is 1. The molecule has 0 radical (unpaired) electrons. The van der Waals surface area contributed by atoms with Crippen molar-refractivity contribution in [3.63, 3.8) is 0 Å². The number of benzene rings is 1. The van der Waals surface area contributed by atoms with Crippen molar-refractivity contribution in [3.8, 4) is 0 Å². The van der Waals surface area contributed by atoms with Crippen molar-refractivity contribution in [1.29, 1.82) is 0 Å². The smallest absolute Gasteiger partial charge is 0.307 e. The summed E-state index contributed by atoms with van der Waals surface area (Å²) in [4.78, 5) is 18.3. The molecule has 148 valence electrons. The number of hydrogen-bond donors (Lipinski definition) is 1. The normalized spacial score (nSPS) is 19.0. The predicted molar refractivity (Wildman–Crippen MR) is 102 cm³/mol. The highest BCUT2D eigenvalue weighted by Crippen LogP contribution is 2.24. The van der Waals surface area contributed by atoms with Gasteiger partial charge in [-0.2, -0.15) is 0 Å². The molecule has 2 heterocycles. The Morgan fingerprint density at radius 2 is 2.11 bits per heavy atom. The monoisotopic (exact) mass is 394 g/mol. The summed E-state index contributed by atoms with van der Waals surface area (Å²) in [6, 6.07) is 5.01. The number of fused-ring (bicyclic) bond motifs is 1. The molecule has 27 heavy (non-hydrogen) atoms. The van der Waals surface area contributed by atoms with Crippen molar-refractivity contribution >= 4 is 27.0 Å². The minimum absolute atomic E-state index is 0.219. The Balaban J connectivity index is 1.93. The van der Waals surface area contributed by atoms with Crippen LogP contribution in [0.4, 0.5) is 0 Å². The molecule has 2 aromatic rings. The summed E-state index contributed by atoms with van der Waals surface area (Å²) in [5.41, 5.74) is 1.53. The molecule has 9 heteroatoms. The van der Waals surface area contributed by atoms with Gasteiger partial charge in [-0.1, -0.05) is 0 Å². The summed E-state index contributed by atoms with van der Waals surface area (Å²) >= 11 is 0. The largest absolute Gasteiger partial charge is 0.481 e. The van der Waals surface area contributed by atoms with E-state index in [1.807, 2.05) is 6.92 Å². The summed E-state index contributed by atoms with van der Waals surface area (Å²) in [5.74, 6) is -0.254. The number of sulfonamides is 1. The zero-order valence-corrected chi connectivity index (χ0v) is 16.7. The van der Waals surface area contributed by atoms with E-state index in [-0.39, 0.29) is 10.8 Å². The van der Waals surface area contributed by atoms with Gasteiger partial charge in [0, 0.05) is 27.2 Å². The van der Waals surface area contributed by atoms with Crippen LogP contribution in [0.2, 0.25) is 0 Å². The lowest BCUT2D eigenvalue weighted by Gasteiger charge is -2.30. The minimum Gasteiger partial charge on any atom is -0.481 e. The van der Waals surface area contributed by atoms with E-state index in [2.05, 4.69) is 14.5 Å². The summed E-state index contributed by atoms with van der Waals surface area (Å²) in [6.07, 6.45) is 1.57. The first-order valence-corrected chi connectivity index (χ1v) is 10.5. The number of carboxylic acids is 1. The van der Waals surface area contributed by atoms with Crippen LogP contribution in [0.3, 0.4) is 0 Å². The van der Waals surface area contributed by atoms with Gasteiger partial charge in [-0.15, -0.1) is 0 Å². The van der Waals surface area contributed by atoms with E-state index in [0.717, 1.165) is 24.3 Å². The van der Waals surface area contributed by atoms with Crippen LogP contribution in [0, 0.1) is 5.92 Å². The summed E-state index contributed by atoms with van der Waals surface area (Å²) < 4.78 is 28.0. The van der Waals surface area contributed by atoms with Crippen molar-refractivity contribution in [2.45, 2.75) is 37.8 Å². The first-order chi connectivity index (χ1) is 12.7. The van der Waals surface area contributed by atoms with E-state index in [1.165, 1.54) is 18.4 Å². The Kier molecular flexibility index (Phi) is 5.55. The van der Waals surface area contributed by atoms with Gasteiger partial charge in [0.25, 0.3) is 0 Å². The highest BCUT2D eigenvalue weighted by atomic mass is 32.2. The van der Waals surface area contributed by atoms with Crippen LogP contribution in [0.15, 0.2) is 23.1 Å². The average molecular weight is 394 g/mol. The third-order valence-electron chi connectivity index (χ3n) is 5.11. The van der Waals surface area contributed by atoms with Crippen molar-refractivity contribution in [2.24, 2.45) is 5.92 Å². The Morgan fingerprint density at radius 1 is 1.37 bits per heavy atom. The standard InChI is InChI=1S/C18H26N4O4S/c1-4-22-16-8-7-14(27(25,26)20(2)3)10-15(16)19-17(22)12-21-9-5-6-13(11-21)18(23)24/h7-8,10,13H,4-6,9,11-12H2,1-3H3,(H,23,24)/t13-/m0/s1. The Bertz CT molecular complexity index is 952. The van der Waals surface area contributed by atoms with Gasteiger partial charge in [0.15, 0.2) is 0 Å². The molecule has 0 bridgehead atoms. The molecule has 1 atom stereocenters. The number of hydrogen-bond acceptors (Lipinski definition) is 5. The third kappa shape index (κ3) is 3.85. The van der Waals surface area contributed by atoms with E-state index in [9.17, 15) is 18.3 Å². The van der Waals surface area contributed by atoms with Gasteiger partial charge in [0.05, 0.1) is 28.4 Å². The van der Waals surface area contributed by atoms with Crippen LogP contribution in [0.1, 0.15) is 25.6 Å². The molecule has 1 aliphatic heterocycles. The molecular formula is C18H26N4O4S. The SMILES string of the molecule is CCn1c(CN2CCC[C@H](C(=O)O)C2)nc2cc(S(=O)(=O)N(C)C)ccc21. The predicted octanol–water partition coefficient (Wildman–Crippen LogP) is 1.60. The van der Waals surface area contributed by atoms with Crippen molar-refractivity contribution in [3.05, 3.63) is 24.0 Å². The third-order valence-corrected chi connectivity index (χ3v) is 6.92. The number of piperidine rings is 1. The summed E-state index contributed by atoms with van der Waals surface area (Å²) in [7, 11) is -0.505. The van der Waals surface area contributed by atoms with Crippen molar-refractivity contribution in [1.82, 2.24) is 18.8 Å². The van der Waals surface area contributed by atoms with Crippen LogP contribution in [0.5, 0.6) is 0 Å². The second kappa shape index (κ2) is 7.57. The highest BCUT2D eigenvalue weighted by molar-refractivity contribution is 7.89. The maximum Gasteiger partial charge on any atom is 0.307 e. The van der Waals surface area contributed by atoms with Crippen LogP contribution in [-0.4, -0.2) is 65.4 Å². The fourth-order valence-corrected chi connectivity index (χ4v) is 4.53. The molecule has 1 saturated heterocycles. The first kappa shape index (κ1) is 19.8. The quantitative estimate of drug-likeness (QED) is 0.800. The average Bonchev–Trinajstić information content (AvgIpc) is 2.97. The maximum atomic E-state index is 12.4. The lowest BCUT2D eigenvalue weighted by atomic mass is 9.98. The van der Waals surface area contributed by atoms with Gasteiger partial charge in [-0.05, 0) is 44.5 Å². The topological polar surface area (TPSA) is 95.7 Å². The number of rotatable bonds is 6. The van der Waals surface area contributed by atoms with Crippen molar-refractivity contribution in [2.75, 3.05) is 27.2 Å². The minimum atomic E-state index is -3.51. The van der Waals surface area contributed by atoms with Crippen LogP contribution in [-0.2, 0) is 27.9 Å². The molecule has 1 aromatic carbocycles. The molecular weight excluding hydrogens is 368 g/mol. The second-order valence-electron chi connectivity index (χ2n) is 7.12. The van der Waals surface area contributed by atoms with E-state index in [4.69, 9.17) is 0 Å². The molecule has 0 aliphatic carbocycles. The number of imidazole rings is 1. The molecule has 3 rings (SSSR count). The van der Waals surface area contributed by atoms with Gasteiger partial charge < -0.3 is 9.67 Å². The molecule has 8 nitrogen and oxygen atoms in total. The summed E-state index contributed by atoms with van der Waals surface area (Å²) in [6.45, 7) is 4.65. The molecule has 0 unspecified atom stereocenters.